The molecule has 2 unspecified atom stereocenters. The number of hydrogen-bond acceptors (Lipinski definition) is 4. The van der Waals surface area contributed by atoms with Crippen LogP contribution in [0.25, 0.3) is 0 Å². The third-order valence-corrected chi connectivity index (χ3v) is 8.14. The Morgan fingerprint density at radius 2 is 1.68 bits per heavy atom. The second kappa shape index (κ2) is 8.44. The van der Waals surface area contributed by atoms with Gasteiger partial charge in [0.15, 0.2) is 0 Å². The molecule has 2 saturated carbocycles. The van der Waals surface area contributed by atoms with Gasteiger partial charge in [0.05, 0.1) is 0 Å². The van der Waals surface area contributed by atoms with E-state index in [0.717, 1.165) is 18.7 Å². The van der Waals surface area contributed by atoms with Gasteiger partial charge in [-0.2, -0.15) is 0 Å². The molecule has 1 heterocycles. The van der Waals surface area contributed by atoms with Crippen LogP contribution in [0.4, 0.5) is 38.3 Å². The fourth-order valence-electron chi connectivity index (χ4n) is 4.98. The molecule has 2 aromatic rings. The fraction of sp³-hybridized carbons (Fsp3) is 0.429. The smallest absolute Gasteiger partial charge is 0.310 e. The quantitative estimate of drug-likeness (QED) is 0.261. The molecule has 0 aliphatic heterocycles. The van der Waals surface area contributed by atoms with Gasteiger partial charge in [0.25, 0.3) is 17.5 Å². The predicted octanol–water partition coefficient (Wildman–Crippen LogP) is 5.57. The van der Waals surface area contributed by atoms with Gasteiger partial charge in [-0.25, -0.2) is 23.1 Å². The van der Waals surface area contributed by atoms with Crippen LogP contribution in [0.2, 0.25) is 0 Å². The number of amides is 2. The molecule has 2 radical (unpaired) electrons. The van der Waals surface area contributed by atoms with Crippen molar-refractivity contribution in [2.45, 2.75) is 47.2 Å². The summed E-state index contributed by atoms with van der Waals surface area (Å²) in [5.41, 5.74) is -6.75. The van der Waals surface area contributed by atoms with Crippen molar-refractivity contribution in [3.63, 3.8) is 0 Å². The summed E-state index contributed by atoms with van der Waals surface area (Å²) in [6.07, 6.45) is 2.38. The van der Waals surface area contributed by atoms with E-state index >= 15 is 0 Å². The maximum absolute atomic E-state index is 14.1. The highest BCUT2D eigenvalue weighted by atomic mass is 35.5. The number of nitrogens with zero attached hydrogens (tertiary/aromatic N) is 3. The predicted molar refractivity (Wildman–Crippen MR) is 123 cm³/mol. The molecule has 1 aromatic heterocycles. The summed E-state index contributed by atoms with van der Waals surface area (Å²) in [4.78, 5) is 31.7. The van der Waals surface area contributed by atoms with Crippen LogP contribution in [0.1, 0.15) is 24.8 Å². The van der Waals surface area contributed by atoms with Gasteiger partial charge >= 0.3 is 10.2 Å². The van der Waals surface area contributed by atoms with E-state index in [-0.39, 0.29) is 35.4 Å². The SMILES string of the molecule is [B][C@@](C(=O)N[C@@H]1CC2CC1CC2(F)F)(c1cncnc1)N(C(=O)[C@H](F)Cl)c1ccc(S(F)(F)(F)(F)F)cc1. The first-order valence-electron chi connectivity index (χ1n) is 10.9. The highest BCUT2D eigenvalue weighted by Crippen LogP contribution is 3.02. The van der Waals surface area contributed by atoms with Crippen molar-refractivity contribution in [2.75, 3.05) is 4.90 Å². The Morgan fingerprint density at radius 1 is 1.11 bits per heavy atom. The van der Waals surface area contributed by atoms with Crippen molar-refractivity contribution in [2.24, 2.45) is 11.8 Å². The molecule has 4 rings (SSSR count). The standard InChI is InChI=1S/C21H18BClF8N4O2S/c22-21(13-8-32-10-33-9-13,19(37)34-16-6-12-5-11(16)7-20(12,25)26)35(18(36)17(23)24)14-1-3-15(4-2-14)38(27,28,29,30)31/h1-4,8-12,16-17H,5-7H2,(H,34,37)/t11?,12?,16-,17+,21+/m1/s1. The van der Waals surface area contributed by atoms with Gasteiger partial charge in [0, 0.05) is 42.0 Å². The summed E-state index contributed by atoms with van der Waals surface area (Å²) in [7, 11) is -3.77. The molecule has 5 atom stereocenters. The molecule has 2 amide bonds. The topological polar surface area (TPSA) is 75.2 Å². The van der Waals surface area contributed by atoms with Crippen molar-refractivity contribution in [1.29, 1.82) is 0 Å². The Hall–Kier alpha value is -2.62. The van der Waals surface area contributed by atoms with Crippen molar-refractivity contribution in [1.82, 2.24) is 15.3 Å². The number of fused-ring (bicyclic) bond motifs is 2. The van der Waals surface area contributed by atoms with E-state index in [4.69, 9.17) is 19.4 Å². The molecule has 0 saturated heterocycles. The first-order valence-corrected chi connectivity index (χ1v) is 13.3. The van der Waals surface area contributed by atoms with Gasteiger partial charge in [0.2, 0.25) is 5.91 Å². The van der Waals surface area contributed by atoms with Crippen LogP contribution in [0.15, 0.2) is 47.9 Å². The average Bonchev–Trinajstić information content (AvgIpc) is 3.34. The highest BCUT2D eigenvalue weighted by Gasteiger charge is 2.65. The van der Waals surface area contributed by atoms with Crippen molar-refractivity contribution in [3.8, 4) is 0 Å². The molecule has 2 fully saturated rings. The van der Waals surface area contributed by atoms with Crippen LogP contribution >= 0.6 is 21.8 Å². The number of nitrogens with one attached hydrogen (secondary N) is 1. The van der Waals surface area contributed by atoms with Crippen LogP contribution < -0.4 is 10.2 Å². The minimum absolute atomic E-state index is 0.0591. The number of anilines is 1. The van der Waals surface area contributed by atoms with Gasteiger partial charge in [0.1, 0.15) is 24.5 Å². The van der Waals surface area contributed by atoms with E-state index in [0.29, 0.717) is 12.1 Å². The molecule has 6 nitrogen and oxygen atoms in total. The molecule has 0 spiro atoms. The number of carbonyl (C=O) groups is 2. The van der Waals surface area contributed by atoms with Gasteiger partial charge in [-0.05, 0) is 43.0 Å². The van der Waals surface area contributed by atoms with E-state index in [9.17, 15) is 42.2 Å². The number of aromatic nitrogens is 2. The zero-order valence-electron chi connectivity index (χ0n) is 19.0. The minimum atomic E-state index is -10.1. The Bertz CT molecular complexity index is 1260. The first kappa shape index (κ1) is 28.4. The molecule has 206 valence electrons. The largest absolute Gasteiger partial charge is 0.351 e. The lowest BCUT2D eigenvalue weighted by Gasteiger charge is -2.43. The van der Waals surface area contributed by atoms with Gasteiger partial charge in [-0.1, -0.05) is 31.0 Å². The maximum atomic E-state index is 14.1. The number of benzene rings is 1. The molecule has 2 aliphatic carbocycles. The number of carbonyl (C=O) groups excluding carboxylic acids is 2. The highest BCUT2D eigenvalue weighted by molar-refractivity contribution is 8.45. The van der Waals surface area contributed by atoms with E-state index < -0.39 is 73.9 Å². The van der Waals surface area contributed by atoms with Crippen molar-refractivity contribution >= 4 is 47.2 Å². The lowest BCUT2D eigenvalue weighted by Crippen LogP contribution is -2.62. The van der Waals surface area contributed by atoms with Crippen molar-refractivity contribution < 1.29 is 42.2 Å². The second-order valence-corrected chi connectivity index (χ2v) is 12.1. The summed E-state index contributed by atoms with van der Waals surface area (Å²) in [6.45, 7) is 0. The Labute approximate surface area is 217 Å². The van der Waals surface area contributed by atoms with E-state index in [2.05, 4.69) is 15.3 Å². The monoisotopic (exact) mass is 588 g/mol. The molecule has 1 N–H and O–H groups in total. The number of rotatable bonds is 7. The van der Waals surface area contributed by atoms with Crippen LogP contribution in [-0.4, -0.2) is 47.2 Å². The molecule has 17 heteroatoms. The van der Waals surface area contributed by atoms with E-state index in [1.54, 1.807) is 0 Å². The van der Waals surface area contributed by atoms with Crippen LogP contribution in [-0.2, 0) is 15.0 Å². The van der Waals surface area contributed by atoms with Gasteiger partial charge in [-0.3, -0.25) is 14.5 Å². The van der Waals surface area contributed by atoms with Crippen LogP contribution in [0, 0.1) is 11.8 Å². The first-order chi connectivity index (χ1) is 17.2. The average molecular weight is 589 g/mol. The molecule has 38 heavy (non-hydrogen) atoms. The number of halogens is 9. The Kier molecular flexibility index (Phi) is 6.31. The molecule has 2 aliphatic rings. The van der Waals surface area contributed by atoms with E-state index in [1.807, 2.05) is 0 Å². The summed E-state index contributed by atoms with van der Waals surface area (Å²) >= 11 is 5.32. The summed E-state index contributed by atoms with van der Waals surface area (Å²) in [5, 5.41) is 2.47. The van der Waals surface area contributed by atoms with E-state index in [1.165, 1.54) is 0 Å². The molecule has 2 bridgehead atoms. The number of hydrogen-bond donors (Lipinski definition) is 1. The zero-order chi connectivity index (χ0) is 28.4. The molecular weight excluding hydrogens is 571 g/mol. The summed E-state index contributed by atoms with van der Waals surface area (Å²) < 4.78 is 108. The van der Waals surface area contributed by atoms with Crippen LogP contribution in [0.5, 0.6) is 0 Å². The van der Waals surface area contributed by atoms with Crippen LogP contribution in [0.3, 0.4) is 0 Å². The molecular formula is C21H18BClF8N4O2S. The van der Waals surface area contributed by atoms with Gasteiger partial charge < -0.3 is 5.32 Å². The Balaban J connectivity index is 1.79. The minimum Gasteiger partial charge on any atom is -0.351 e. The molecule has 1 aromatic carbocycles. The van der Waals surface area contributed by atoms with Crippen molar-refractivity contribution in [3.05, 3.63) is 48.5 Å². The normalized spacial score (nSPS) is 26.5. The second-order valence-electron chi connectivity index (χ2n) is 9.30. The lowest BCUT2D eigenvalue weighted by molar-refractivity contribution is -0.130. The third-order valence-electron chi connectivity index (χ3n) is 6.79. The number of alkyl halides is 4. The maximum Gasteiger partial charge on any atom is 0.310 e. The lowest BCUT2D eigenvalue weighted by atomic mass is 9.69. The summed E-state index contributed by atoms with van der Waals surface area (Å²) in [5.74, 6) is -7.55. The zero-order valence-corrected chi connectivity index (χ0v) is 20.6. The Morgan fingerprint density at radius 3 is 2.13 bits per heavy atom. The van der Waals surface area contributed by atoms with Gasteiger partial charge in [-0.15, -0.1) is 0 Å². The third kappa shape index (κ3) is 5.16. The fourth-order valence-corrected chi connectivity index (χ4v) is 5.73. The summed E-state index contributed by atoms with van der Waals surface area (Å²) in [6, 6.07) is -0.153.